The summed E-state index contributed by atoms with van der Waals surface area (Å²) < 4.78 is 6.82. The van der Waals surface area contributed by atoms with Crippen LogP contribution in [0.15, 0.2) is 59.4 Å². The van der Waals surface area contributed by atoms with Crippen molar-refractivity contribution in [2.45, 2.75) is 25.3 Å². The molecule has 33 heavy (non-hydrogen) atoms. The fourth-order valence-corrected chi connectivity index (χ4v) is 4.24. The number of benzene rings is 2. The van der Waals surface area contributed by atoms with E-state index < -0.39 is 0 Å². The second-order valence-corrected chi connectivity index (χ2v) is 8.17. The summed E-state index contributed by atoms with van der Waals surface area (Å²) in [6.07, 6.45) is 1.66. The van der Waals surface area contributed by atoms with Crippen molar-refractivity contribution in [1.82, 2.24) is 29.9 Å². The first-order valence-corrected chi connectivity index (χ1v) is 10.9. The van der Waals surface area contributed by atoms with Crippen LogP contribution in [0.2, 0.25) is 0 Å². The third kappa shape index (κ3) is 4.21. The number of aromatic amines is 1. The zero-order valence-electron chi connectivity index (χ0n) is 18.3. The highest BCUT2D eigenvalue weighted by atomic mass is 16.5. The molecule has 0 bridgehead atoms. The van der Waals surface area contributed by atoms with Gasteiger partial charge in [-0.05, 0) is 42.7 Å². The van der Waals surface area contributed by atoms with E-state index in [1.165, 1.54) is 0 Å². The van der Waals surface area contributed by atoms with Crippen molar-refractivity contribution in [2.75, 3.05) is 20.2 Å². The molecule has 0 spiro atoms. The Morgan fingerprint density at radius 3 is 2.70 bits per heavy atom. The highest BCUT2D eigenvalue weighted by molar-refractivity contribution is 5.94. The minimum absolute atomic E-state index is 0.0402. The first-order chi connectivity index (χ1) is 16.1. The molecule has 168 valence electrons. The van der Waals surface area contributed by atoms with Crippen LogP contribution in [0.4, 0.5) is 0 Å². The van der Waals surface area contributed by atoms with Gasteiger partial charge in [-0.1, -0.05) is 35.5 Å². The van der Waals surface area contributed by atoms with Crippen LogP contribution in [0, 0.1) is 0 Å². The lowest BCUT2D eigenvalue weighted by atomic mass is 9.96. The van der Waals surface area contributed by atoms with Crippen molar-refractivity contribution < 1.29 is 9.53 Å². The Kier molecular flexibility index (Phi) is 5.60. The number of hydrogen-bond donors (Lipinski definition) is 1. The highest BCUT2D eigenvalue weighted by Gasteiger charge is 2.28. The maximum atomic E-state index is 13.0. The lowest BCUT2D eigenvalue weighted by molar-refractivity contribution is 0.0704. The molecular weight excluding hydrogens is 420 g/mol. The maximum absolute atomic E-state index is 13.0. The maximum Gasteiger partial charge on any atom is 0.281 e. The molecule has 1 aliphatic heterocycles. The number of carbonyl (C=O) groups is 1. The Morgan fingerprint density at radius 2 is 1.94 bits per heavy atom. The predicted octanol–water partition coefficient (Wildman–Crippen LogP) is 2.59. The Bertz CT molecular complexity index is 1330. The molecule has 1 amide bonds. The topological polar surface area (TPSA) is 106 Å². The van der Waals surface area contributed by atoms with Crippen LogP contribution in [0.1, 0.15) is 40.5 Å². The number of fused-ring (bicyclic) bond motifs is 1. The summed E-state index contributed by atoms with van der Waals surface area (Å²) in [6.45, 7) is 1.63. The number of ether oxygens (including phenoxy) is 1. The molecule has 0 saturated carbocycles. The van der Waals surface area contributed by atoms with E-state index in [0.717, 1.165) is 18.4 Å². The number of nitrogens with one attached hydrogen (secondary N) is 1. The number of H-pyrrole nitrogens is 1. The van der Waals surface area contributed by atoms with Crippen LogP contribution in [0.5, 0.6) is 5.75 Å². The molecule has 0 aliphatic carbocycles. The summed E-state index contributed by atoms with van der Waals surface area (Å²) in [5, 5.41) is 8.17. The van der Waals surface area contributed by atoms with Gasteiger partial charge in [0.05, 0.1) is 13.7 Å². The van der Waals surface area contributed by atoms with Crippen molar-refractivity contribution in [3.8, 4) is 5.75 Å². The van der Waals surface area contributed by atoms with E-state index in [0.29, 0.717) is 42.4 Å². The Balaban J connectivity index is 1.40. The molecule has 4 aromatic rings. The van der Waals surface area contributed by atoms with Crippen LogP contribution in [0.3, 0.4) is 0 Å². The van der Waals surface area contributed by atoms with Crippen molar-refractivity contribution in [3.63, 3.8) is 0 Å². The smallest absolute Gasteiger partial charge is 0.281 e. The minimum atomic E-state index is -0.312. The lowest BCUT2D eigenvalue weighted by Gasteiger charge is -2.32. The monoisotopic (exact) mass is 444 g/mol. The molecule has 0 unspecified atom stereocenters. The van der Waals surface area contributed by atoms with Gasteiger partial charge in [-0.2, -0.15) is 0 Å². The van der Waals surface area contributed by atoms with Crippen molar-refractivity contribution >= 4 is 17.1 Å². The molecule has 1 N–H and O–H groups in total. The Hall–Kier alpha value is -4.01. The van der Waals surface area contributed by atoms with Gasteiger partial charge >= 0.3 is 0 Å². The van der Waals surface area contributed by atoms with Gasteiger partial charge in [-0.15, -0.1) is 5.10 Å². The minimum Gasteiger partial charge on any atom is -0.497 e. The number of likely N-dealkylation sites (tertiary alicyclic amines) is 1. The van der Waals surface area contributed by atoms with E-state index in [-0.39, 0.29) is 22.9 Å². The zero-order chi connectivity index (χ0) is 22.8. The van der Waals surface area contributed by atoms with Crippen LogP contribution in [0.25, 0.3) is 11.2 Å². The second kappa shape index (κ2) is 8.85. The molecular formula is C24H24N6O3. The lowest BCUT2D eigenvalue weighted by Crippen LogP contribution is -2.40. The fourth-order valence-electron chi connectivity index (χ4n) is 4.24. The van der Waals surface area contributed by atoms with Gasteiger partial charge in [0.25, 0.3) is 11.5 Å². The molecule has 3 heterocycles. The summed E-state index contributed by atoms with van der Waals surface area (Å²) in [7, 11) is 1.60. The van der Waals surface area contributed by atoms with E-state index in [9.17, 15) is 9.59 Å². The Labute approximate surface area is 190 Å². The van der Waals surface area contributed by atoms with Crippen molar-refractivity contribution in [3.05, 3.63) is 81.9 Å². The van der Waals surface area contributed by atoms with Crippen LogP contribution >= 0.6 is 0 Å². The van der Waals surface area contributed by atoms with E-state index >= 15 is 0 Å². The van der Waals surface area contributed by atoms with Gasteiger partial charge < -0.3 is 14.6 Å². The van der Waals surface area contributed by atoms with Crippen LogP contribution in [-0.4, -0.2) is 56.0 Å². The number of methoxy groups -OCH3 is 1. The highest BCUT2D eigenvalue weighted by Crippen LogP contribution is 2.26. The van der Waals surface area contributed by atoms with Crippen molar-refractivity contribution in [1.29, 1.82) is 0 Å². The van der Waals surface area contributed by atoms with Gasteiger partial charge in [-0.3, -0.25) is 9.59 Å². The van der Waals surface area contributed by atoms with E-state index in [1.54, 1.807) is 36.1 Å². The van der Waals surface area contributed by atoms with Gasteiger partial charge in [0.15, 0.2) is 11.2 Å². The summed E-state index contributed by atoms with van der Waals surface area (Å²) >= 11 is 0. The van der Waals surface area contributed by atoms with Crippen molar-refractivity contribution in [2.24, 2.45) is 0 Å². The van der Waals surface area contributed by atoms with Gasteiger partial charge in [0, 0.05) is 24.6 Å². The molecule has 2 aromatic heterocycles. The van der Waals surface area contributed by atoms with Crippen LogP contribution in [-0.2, 0) is 6.54 Å². The summed E-state index contributed by atoms with van der Waals surface area (Å²) in [5.41, 5.74) is 2.01. The number of hydrogen-bond acceptors (Lipinski definition) is 6. The van der Waals surface area contributed by atoms with Gasteiger partial charge in [0.2, 0.25) is 0 Å². The molecule has 0 radical (unpaired) electrons. The first-order valence-electron chi connectivity index (χ1n) is 10.9. The standard InChI is InChI=1S/C24H24N6O3/c1-33-19-11-9-17(10-12-19)24(32)29-13-5-8-18(15-29)21-25-22-20(23(31)26-21)27-28-30(22)14-16-6-3-2-4-7-16/h2-4,6-7,9-12,18H,5,8,13-15H2,1H3,(H,25,26,31)/t18-/m1/s1. The van der Waals surface area contributed by atoms with Gasteiger partial charge in [0.1, 0.15) is 11.6 Å². The number of nitrogens with zero attached hydrogens (tertiary/aromatic N) is 5. The number of amides is 1. The quantitative estimate of drug-likeness (QED) is 0.507. The molecule has 1 atom stereocenters. The van der Waals surface area contributed by atoms with Crippen LogP contribution < -0.4 is 10.3 Å². The normalized spacial score (nSPS) is 16.2. The second-order valence-electron chi connectivity index (χ2n) is 8.17. The number of carbonyl (C=O) groups excluding carboxylic acids is 1. The molecule has 9 nitrogen and oxygen atoms in total. The van der Waals surface area contributed by atoms with Gasteiger partial charge in [-0.25, -0.2) is 9.67 Å². The van der Waals surface area contributed by atoms with E-state index in [4.69, 9.17) is 9.72 Å². The number of rotatable bonds is 5. The average molecular weight is 444 g/mol. The molecule has 5 rings (SSSR count). The summed E-state index contributed by atoms with van der Waals surface area (Å²) in [6, 6.07) is 16.9. The average Bonchev–Trinajstić information content (AvgIpc) is 3.27. The predicted molar refractivity (Wildman–Crippen MR) is 122 cm³/mol. The molecule has 1 saturated heterocycles. The summed E-state index contributed by atoms with van der Waals surface area (Å²) in [5.74, 6) is 1.16. The molecule has 2 aromatic carbocycles. The third-order valence-electron chi connectivity index (χ3n) is 6.00. The molecule has 9 heteroatoms. The third-order valence-corrected chi connectivity index (χ3v) is 6.00. The summed E-state index contributed by atoms with van der Waals surface area (Å²) in [4.78, 5) is 35.2. The van der Waals surface area contributed by atoms with E-state index in [2.05, 4.69) is 15.3 Å². The SMILES string of the molecule is COc1ccc(C(=O)N2CCC[C@@H](c3nc4c(nnn4Cc4ccccc4)c(=O)[nH]3)C2)cc1. The Morgan fingerprint density at radius 1 is 1.15 bits per heavy atom. The zero-order valence-corrected chi connectivity index (χ0v) is 18.3. The largest absolute Gasteiger partial charge is 0.497 e. The number of aromatic nitrogens is 5. The van der Waals surface area contributed by atoms with E-state index in [1.807, 2.05) is 35.2 Å². The molecule has 1 fully saturated rings. The fraction of sp³-hybridized carbons (Fsp3) is 0.292. The number of piperidine rings is 1. The molecule has 1 aliphatic rings. The first kappa shape index (κ1) is 20.9.